The molecule has 3 nitrogen and oxygen atoms in total. The first kappa shape index (κ1) is 9.86. The summed E-state index contributed by atoms with van der Waals surface area (Å²) in [7, 11) is 0. The van der Waals surface area contributed by atoms with Crippen molar-refractivity contribution in [3.63, 3.8) is 0 Å². The minimum atomic E-state index is -0.0918. The van der Waals surface area contributed by atoms with Gasteiger partial charge in [-0.3, -0.25) is 4.79 Å². The molecule has 0 atom stereocenters. The summed E-state index contributed by atoms with van der Waals surface area (Å²) in [4.78, 5) is 18.2. The Hall–Kier alpha value is -1.68. The molecule has 0 aliphatic carbocycles. The molecule has 0 radical (unpaired) electrons. The van der Waals surface area contributed by atoms with Crippen LogP contribution in [-0.2, 0) is 6.42 Å². The van der Waals surface area contributed by atoms with Crippen molar-refractivity contribution < 1.29 is 0 Å². The third kappa shape index (κ3) is 2.05. The molecule has 0 aromatic carbocycles. The first-order valence-corrected chi connectivity index (χ1v) is 5.47. The van der Waals surface area contributed by atoms with Gasteiger partial charge in [0.25, 0.3) is 0 Å². The van der Waals surface area contributed by atoms with Gasteiger partial charge in [0.05, 0.1) is 11.2 Å². The zero-order valence-electron chi connectivity index (χ0n) is 8.06. The number of hydrogen-bond donors (Lipinski definition) is 1. The van der Waals surface area contributed by atoms with Gasteiger partial charge in [-0.15, -0.1) is 17.9 Å². The molecule has 0 saturated heterocycles. The first-order valence-electron chi connectivity index (χ1n) is 4.53. The van der Waals surface area contributed by atoms with Gasteiger partial charge in [0.15, 0.2) is 0 Å². The number of aromatic amines is 1. The minimum Gasteiger partial charge on any atom is -0.325 e. The van der Waals surface area contributed by atoms with E-state index in [9.17, 15) is 4.79 Å². The van der Waals surface area contributed by atoms with E-state index in [4.69, 9.17) is 0 Å². The molecular weight excluding hydrogens is 208 g/mol. The van der Waals surface area contributed by atoms with Gasteiger partial charge in [-0.2, -0.15) is 0 Å². The zero-order valence-corrected chi connectivity index (χ0v) is 8.88. The topological polar surface area (TPSA) is 45.8 Å². The Morgan fingerprint density at radius 1 is 1.53 bits per heavy atom. The van der Waals surface area contributed by atoms with Crippen molar-refractivity contribution >= 4 is 11.3 Å². The van der Waals surface area contributed by atoms with Crippen LogP contribution < -0.4 is 5.56 Å². The van der Waals surface area contributed by atoms with Crippen LogP contribution in [0.3, 0.4) is 0 Å². The number of thiazole rings is 1. The highest BCUT2D eigenvalue weighted by Gasteiger charge is 2.06. The molecular formula is C11H10N2OS. The van der Waals surface area contributed by atoms with E-state index < -0.39 is 0 Å². The Morgan fingerprint density at radius 2 is 2.40 bits per heavy atom. The second-order valence-corrected chi connectivity index (χ2v) is 3.80. The molecule has 15 heavy (non-hydrogen) atoms. The molecule has 0 saturated carbocycles. The molecule has 0 bridgehead atoms. The van der Waals surface area contributed by atoms with E-state index in [-0.39, 0.29) is 5.56 Å². The van der Waals surface area contributed by atoms with E-state index in [1.54, 1.807) is 17.7 Å². The Labute approximate surface area is 91.1 Å². The van der Waals surface area contributed by atoms with Crippen LogP contribution in [0.5, 0.6) is 0 Å². The van der Waals surface area contributed by atoms with Crippen molar-refractivity contribution in [3.8, 4) is 11.3 Å². The number of allylic oxidation sites excluding steroid dienone is 1. The first-order chi connectivity index (χ1) is 7.31. The molecule has 4 heteroatoms. The van der Waals surface area contributed by atoms with E-state index in [1.807, 2.05) is 5.38 Å². The van der Waals surface area contributed by atoms with Crippen LogP contribution in [0.1, 0.15) is 5.69 Å². The fourth-order valence-corrected chi connectivity index (χ4v) is 1.96. The van der Waals surface area contributed by atoms with Crippen molar-refractivity contribution in [2.45, 2.75) is 6.42 Å². The molecule has 2 heterocycles. The summed E-state index contributed by atoms with van der Waals surface area (Å²) < 4.78 is 0. The van der Waals surface area contributed by atoms with Crippen LogP contribution in [0.25, 0.3) is 11.3 Å². The standard InChI is InChI=1S/C11H10N2OS/c1-2-3-9-8(4-5-11(14)13-9)10-6-15-7-12-10/h2,4-7H,1,3H2,(H,13,14). The quantitative estimate of drug-likeness (QED) is 0.803. The fraction of sp³-hybridized carbons (Fsp3) is 0.0909. The molecule has 2 aromatic rings. The Kier molecular flexibility index (Phi) is 2.78. The maximum absolute atomic E-state index is 11.2. The van der Waals surface area contributed by atoms with Crippen molar-refractivity contribution in [2.24, 2.45) is 0 Å². The zero-order chi connectivity index (χ0) is 10.7. The number of rotatable bonds is 3. The summed E-state index contributed by atoms with van der Waals surface area (Å²) in [5.74, 6) is 0. The summed E-state index contributed by atoms with van der Waals surface area (Å²) in [5.41, 5.74) is 4.41. The van der Waals surface area contributed by atoms with E-state index >= 15 is 0 Å². The predicted octanol–water partition coefficient (Wildman–Crippen LogP) is 2.23. The summed E-state index contributed by atoms with van der Waals surface area (Å²) in [6.07, 6.45) is 2.41. The van der Waals surface area contributed by atoms with Crippen LogP contribution in [0, 0.1) is 0 Å². The average molecular weight is 218 g/mol. The largest absolute Gasteiger partial charge is 0.325 e. The molecule has 2 rings (SSSR count). The van der Waals surface area contributed by atoms with Crippen molar-refractivity contribution in [3.05, 3.63) is 51.7 Å². The highest BCUT2D eigenvalue weighted by atomic mass is 32.1. The second-order valence-electron chi connectivity index (χ2n) is 3.08. The number of nitrogens with one attached hydrogen (secondary N) is 1. The van der Waals surface area contributed by atoms with Gasteiger partial charge >= 0.3 is 0 Å². The van der Waals surface area contributed by atoms with Gasteiger partial charge in [0.2, 0.25) is 5.56 Å². The second kappa shape index (κ2) is 4.23. The van der Waals surface area contributed by atoms with E-state index in [2.05, 4.69) is 16.5 Å². The van der Waals surface area contributed by atoms with Crippen molar-refractivity contribution in [1.82, 2.24) is 9.97 Å². The van der Waals surface area contributed by atoms with Crippen LogP contribution in [0.15, 0.2) is 40.5 Å². The fourth-order valence-electron chi connectivity index (χ4n) is 1.41. The lowest BCUT2D eigenvalue weighted by Crippen LogP contribution is -2.08. The number of nitrogens with zero attached hydrogens (tertiary/aromatic N) is 1. The summed E-state index contributed by atoms with van der Waals surface area (Å²) >= 11 is 1.54. The Balaban J connectivity index is 2.55. The molecule has 2 aromatic heterocycles. The maximum Gasteiger partial charge on any atom is 0.248 e. The van der Waals surface area contributed by atoms with Gasteiger partial charge in [-0.05, 0) is 6.07 Å². The molecule has 0 aliphatic heterocycles. The van der Waals surface area contributed by atoms with Gasteiger partial charge in [-0.1, -0.05) is 6.08 Å². The van der Waals surface area contributed by atoms with Crippen LogP contribution in [-0.4, -0.2) is 9.97 Å². The van der Waals surface area contributed by atoms with E-state index in [0.29, 0.717) is 6.42 Å². The molecule has 0 fully saturated rings. The van der Waals surface area contributed by atoms with Crippen molar-refractivity contribution in [2.75, 3.05) is 0 Å². The predicted molar refractivity (Wildman–Crippen MR) is 62.1 cm³/mol. The highest BCUT2D eigenvalue weighted by Crippen LogP contribution is 2.21. The third-order valence-corrected chi connectivity index (χ3v) is 2.64. The summed E-state index contributed by atoms with van der Waals surface area (Å²) in [6.45, 7) is 3.67. The normalized spacial score (nSPS) is 10.1. The molecule has 0 aliphatic rings. The van der Waals surface area contributed by atoms with Gasteiger partial charge in [0.1, 0.15) is 0 Å². The lowest BCUT2D eigenvalue weighted by Gasteiger charge is -2.03. The number of aromatic nitrogens is 2. The minimum absolute atomic E-state index is 0.0918. The molecule has 0 amide bonds. The van der Waals surface area contributed by atoms with Gasteiger partial charge < -0.3 is 4.98 Å². The smallest absolute Gasteiger partial charge is 0.248 e. The molecule has 1 N–H and O–H groups in total. The molecule has 0 spiro atoms. The lowest BCUT2D eigenvalue weighted by molar-refractivity contribution is 1.07. The summed E-state index contributed by atoms with van der Waals surface area (Å²) in [5, 5.41) is 1.96. The Morgan fingerprint density at radius 3 is 3.07 bits per heavy atom. The molecule has 76 valence electrons. The Bertz CT molecular complexity index is 514. The van der Waals surface area contributed by atoms with Gasteiger partial charge in [0, 0.05) is 29.1 Å². The number of pyridine rings is 1. The highest BCUT2D eigenvalue weighted by molar-refractivity contribution is 7.07. The average Bonchev–Trinajstić information content (AvgIpc) is 2.71. The maximum atomic E-state index is 11.2. The number of H-pyrrole nitrogens is 1. The SMILES string of the molecule is C=CCc1[nH]c(=O)ccc1-c1cscn1. The summed E-state index contributed by atoms with van der Waals surface area (Å²) in [6, 6.07) is 3.31. The van der Waals surface area contributed by atoms with Gasteiger partial charge in [-0.25, -0.2) is 4.98 Å². The number of hydrogen-bond acceptors (Lipinski definition) is 3. The van der Waals surface area contributed by atoms with Crippen LogP contribution >= 0.6 is 11.3 Å². The van der Waals surface area contributed by atoms with E-state index in [1.165, 1.54) is 17.4 Å². The lowest BCUT2D eigenvalue weighted by atomic mass is 10.1. The van der Waals surface area contributed by atoms with E-state index in [0.717, 1.165) is 17.0 Å². The van der Waals surface area contributed by atoms with Crippen LogP contribution in [0.2, 0.25) is 0 Å². The molecule has 0 unspecified atom stereocenters. The van der Waals surface area contributed by atoms with Crippen LogP contribution in [0.4, 0.5) is 0 Å². The van der Waals surface area contributed by atoms with Crippen molar-refractivity contribution in [1.29, 1.82) is 0 Å². The third-order valence-electron chi connectivity index (χ3n) is 2.06. The monoisotopic (exact) mass is 218 g/mol.